The number of nitrogens with one attached hydrogen (secondary N) is 1. The molecule has 1 aromatic heterocycles. The Kier molecular flexibility index (Phi) is 3.84. The smallest absolute Gasteiger partial charge is 0.255 e. The molecule has 0 saturated heterocycles. The summed E-state index contributed by atoms with van der Waals surface area (Å²) < 4.78 is 0. The van der Waals surface area contributed by atoms with Crippen LogP contribution in [-0.4, -0.2) is 23.8 Å². The number of amides is 2. The number of likely N-dealkylation sites (N-methyl/N-ethyl adjacent to an activating group) is 1. The van der Waals surface area contributed by atoms with E-state index in [1.807, 2.05) is 20.8 Å². The van der Waals surface area contributed by atoms with Gasteiger partial charge in [0.1, 0.15) is 0 Å². The van der Waals surface area contributed by atoms with Gasteiger partial charge in [-0.25, -0.2) is 0 Å². The zero-order valence-electron chi connectivity index (χ0n) is 14.0. The van der Waals surface area contributed by atoms with Gasteiger partial charge < -0.3 is 10.2 Å². The van der Waals surface area contributed by atoms with Crippen LogP contribution in [0.15, 0.2) is 30.5 Å². The molecule has 1 N–H and O–H groups in total. The van der Waals surface area contributed by atoms with Crippen LogP contribution in [0.2, 0.25) is 5.02 Å². The lowest BCUT2D eigenvalue weighted by atomic mass is 9.86. The number of fused-ring (bicyclic) bond motifs is 1. The fourth-order valence-electron chi connectivity index (χ4n) is 2.96. The van der Waals surface area contributed by atoms with Crippen molar-refractivity contribution in [3.8, 4) is 0 Å². The summed E-state index contributed by atoms with van der Waals surface area (Å²) in [5.41, 5.74) is 2.73. The van der Waals surface area contributed by atoms with Crippen molar-refractivity contribution < 1.29 is 9.59 Å². The molecular formula is C18H18ClN3O2. The van der Waals surface area contributed by atoms with Crippen LogP contribution in [-0.2, 0) is 10.2 Å². The molecule has 0 fully saturated rings. The average molecular weight is 344 g/mol. The second-order valence-corrected chi connectivity index (χ2v) is 6.89. The van der Waals surface area contributed by atoms with Crippen LogP contribution in [0.25, 0.3) is 0 Å². The zero-order valence-corrected chi connectivity index (χ0v) is 14.7. The van der Waals surface area contributed by atoms with Crippen LogP contribution < -0.4 is 10.2 Å². The number of aromatic nitrogens is 1. The van der Waals surface area contributed by atoms with Gasteiger partial charge in [0.25, 0.3) is 5.91 Å². The van der Waals surface area contributed by atoms with Gasteiger partial charge in [0, 0.05) is 30.2 Å². The molecule has 2 aromatic rings. The first-order chi connectivity index (χ1) is 11.2. The lowest BCUT2D eigenvalue weighted by Crippen LogP contribution is -2.33. The molecule has 6 heteroatoms. The van der Waals surface area contributed by atoms with Gasteiger partial charge in [0.05, 0.1) is 16.1 Å². The van der Waals surface area contributed by atoms with Gasteiger partial charge in [-0.2, -0.15) is 0 Å². The molecule has 124 valence electrons. The van der Waals surface area contributed by atoms with Gasteiger partial charge in [-0.15, -0.1) is 0 Å². The minimum absolute atomic E-state index is 0.00167. The zero-order chi connectivity index (χ0) is 17.6. The third-order valence-electron chi connectivity index (χ3n) is 4.37. The van der Waals surface area contributed by atoms with Crippen molar-refractivity contribution in [1.82, 2.24) is 4.98 Å². The minimum atomic E-state index is -0.627. The maximum atomic E-state index is 12.4. The maximum Gasteiger partial charge on any atom is 0.255 e. The number of anilines is 2. The highest BCUT2D eigenvalue weighted by Gasteiger charge is 2.42. The Labute approximate surface area is 145 Å². The first kappa shape index (κ1) is 16.5. The number of hydrogen-bond acceptors (Lipinski definition) is 3. The standard InChI is InChI=1S/C18H18ClN3O2/c1-10-7-11(5-6-20-10)16(23)21-14-9-15-12(8-13(14)19)18(2,3)17(24)22(15)4/h5-9H,1-4H3,(H,21,23). The number of carbonyl (C=O) groups is 2. The summed E-state index contributed by atoms with van der Waals surface area (Å²) in [6.45, 7) is 5.56. The highest BCUT2D eigenvalue weighted by molar-refractivity contribution is 6.34. The molecule has 0 bridgehead atoms. The van der Waals surface area contributed by atoms with Crippen LogP contribution in [0.1, 0.15) is 35.5 Å². The summed E-state index contributed by atoms with van der Waals surface area (Å²) in [6.07, 6.45) is 1.59. The molecule has 0 radical (unpaired) electrons. The topological polar surface area (TPSA) is 62.3 Å². The molecular weight excluding hydrogens is 326 g/mol. The van der Waals surface area contributed by atoms with E-state index in [0.29, 0.717) is 16.3 Å². The van der Waals surface area contributed by atoms with Gasteiger partial charge in [0.2, 0.25) is 5.91 Å². The summed E-state index contributed by atoms with van der Waals surface area (Å²) in [4.78, 5) is 30.5. The highest BCUT2D eigenvalue weighted by Crippen LogP contribution is 2.44. The number of nitrogens with zero attached hydrogens (tertiary/aromatic N) is 2. The number of rotatable bonds is 2. The first-order valence-corrected chi connectivity index (χ1v) is 7.96. The van der Waals surface area contributed by atoms with E-state index in [1.54, 1.807) is 42.4 Å². The molecule has 2 heterocycles. The van der Waals surface area contributed by atoms with Crippen LogP contribution in [0, 0.1) is 6.92 Å². The second-order valence-electron chi connectivity index (χ2n) is 6.48. The number of hydrogen-bond donors (Lipinski definition) is 1. The molecule has 0 unspecified atom stereocenters. The van der Waals surface area contributed by atoms with Gasteiger partial charge in [0.15, 0.2) is 0 Å². The van der Waals surface area contributed by atoms with Crippen LogP contribution in [0.5, 0.6) is 0 Å². The average Bonchev–Trinajstić information content (AvgIpc) is 2.69. The molecule has 0 aliphatic carbocycles. The Hall–Kier alpha value is -2.40. The van der Waals surface area contributed by atoms with E-state index >= 15 is 0 Å². The van der Waals surface area contributed by atoms with Crippen molar-refractivity contribution in [3.05, 3.63) is 52.3 Å². The molecule has 2 amide bonds. The van der Waals surface area contributed by atoms with Gasteiger partial charge >= 0.3 is 0 Å². The quantitative estimate of drug-likeness (QED) is 0.907. The fraction of sp³-hybridized carbons (Fsp3) is 0.278. The Bertz CT molecular complexity index is 861. The maximum absolute atomic E-state index is 12.4. The molecule has 1 aliphatic rings. The van der Waals surface area contributed by atoms with E-state index < -0.39 is 5.41 Å². The monoisotopic (exact) mass is 343 g/mol. The predicted octanol–water partition coefficient (Wildman–Crippen LogP) is 3.55. The highest BCUT2D eigenvalue weighted by atomic mass is 35.5. The molecule has 5 nitrogen and oxygen atoms in total. The van der Waals surface area contributed by atoms with Crippen LogP contribution in [0.3, 0.4) is 0 Å². The van der Waals surface area contributed by atoms with Crippen molar-refractivity contribution in [1.29, 1.82) is 0 Å². The van der Waals surface area contributed by atoms with Crippen molar-refractivity contribution in [2.45, 2.75) is 26.2 Å². The lowest BCUT2D eigenvalue weighted by molar-refractivity contribution is -0.121. The predicted molar refractivity (Wildman–Crippen MR) is 94.8 cm³/mol. The number of aryl methyl sites for hydroxylation is 1. The van der Waals surface area contributed by atoms with Gasteiger partial charge in [-0.05, 0) is 50.6 Å². The number of carbonyl (C=O) groups excluding carboxylic acids is 2. The summed E-state index contributed by atoms with van der Waals surface area (Å²) in [5.74, 6) is -0.268. The Morgan fingerprint density at radius 1 is 1.29 bits per heavy atom. The van der Waals surface area contributed by atoms with E-state index in [9.17, 15) is 9.59 Å². The molecule has 0 spiro atoms. The van der Waals surface area contributed by atoms with Crippen molar-refractivity contribution in [2.75, 3.05) is 17.3 Å². The van der Waals surface area contributed by atoms with Crippen molar-refractivity contribution in [3.63, 3.8) is 0 Å². The second kappa shape index (κ2) is 5.60. The summed E-state index contributed by atoms with van der Waals surface area (Å²) in [5, 5.41) is 3.22. The Morgan fingerprint density at radius 2 is 2.00 bits per heavy atom. The number of benzene rings is 1. The van der Waals surface area contributed by atoms with Gasteiger partial charge in [-0.3, -0.25) is 14.6 Å². The van der Waals surface area contributed by atoms with Crippen molar-refractivity contribution in [2.24, 2.45) is 0 Å². The van der Waals surface area contributed by atoms with E-state index in [-0.39, 0.29) is 11.8 Å². The molecule has 24 heavy (non-hydrogen) atoms. The summed E-state index contributed by atoms with van der Waals surface area (Å²) >= 11 is 6.34. The van der Waals surface area contributed by atoms with E-state index in [2.05, 4.69) is 10.3 Å². The molecule has 0 saturated carbocycles. The Balaban J connectivity index is 1.97. The largest absolute Gasteiger partial charge is 0.321 e. The van der Waals surface area contributed by atoms with E-state index in [4.69, 9.17) is 11.6 Å². The summed E-state index contributed by atoms with van der Waals surface area (Å²) in [6, 6.07) is 6.85. The number of pyridine rings is 1. The van der Waals surface area contributed by atoms with Crippen molar-refractivity contribution >= 4 is 34.8 Å². The molecule has 3 rings (SSSR count). The number of halogens is 1. The normalized spacial score (nSPS) is 15.4. The third kappa shape index (κ3) is 2.55. The van der Waals surface area contributed by atoms with Gasteiger partial charge in [-0.1, -0.05) is 11.6 Å². The summed E-state index contributed by atoms with van der Waals surface area (Å²) in [7, 11) is 1.72. The van der Waals surface area contributed by atoms with Crippen LogP contribution in [0.4, 0.5) is 11.4 Å². The lowest BCUT2D eigenvalue weighted by Gasteiger charge is -2.16. The first-order valence-electron chi connectivity index (χ1n) is 7.58. The Morgan fingerprint density at radius 3 is 2.67 bits per heavy atom. The fourth-order valence-corrected chi connectivity index (χ4v) is 3.17. The van der Waals surface area contributed by atoms with Crippen LogP contribution >= 0.6 is 11.6 Å². The molecule has 1 aliphatic heterocycles. The molecule has 1 aromatic carbocycles. The van der Waals surface area contributed by atoms with E-state index in [1.165, 1.54) is 0 Å². The minimum Gasteiger partial charge on any atom is -0.321 e. The van der Waals surface area contributed by atoms with E-state index in [0.717, 1.165) is 16.9 Å². The molecule has 0 atom stereocenters. The SMILES string of the molecule is Cc1cc(C(=O)Nc2cc3c(cc2Cl)C(C)(C)C(=O)N3C)ccn1. The third-order valence-corrected chi connectivity index (χ3v) is 4.68.